The highest BCUT2D eigenvalue weighted by atomic mass is 35.5. The molecule has 108 valence electrons. The summed E-state index contributed by atoms with van der Waals surface area (Å²) in [5.74, 6) is -0.522. The fourth-order valence-electron chi connectivity index (χ4n) is 1.90. The van der Waals surface area contributed by atoms with E-state index in [0.717, 1.165) is 0 Å². The molecule has 0 spiro atoms. The lowest BCUT2D eigenvalue weighted by atomic mass is 9.99. The van der Waals surface area contributed by atoms with Gasteiger partial charge in [0, 0.05) is 19.2 Å². The summed E-state index contributed by atoms with van der Waals surface area (Å²) in [4.78, 5) is 23.1. The van der Waals surface area contributed by atoms with Crippen LogP contribution >= 0.6 is 11.6 Å². The number of carbonyl (C=O) groups is 2. The minimum atomic E-state index is -0.997. The molecule has 0 aromatic heterocycles. The molecular weight excluding hydrogens is 282 g/mol. The summed E-state index contributed by atoms with van der Waals surface area (Å²) in [6, 6.07) is 4.83. The van der Waals surface area contributed by atoms with Crippen molar-refractivity contribution in [3.05, 3.63) is 23.2 Å². The zero-order valence-corrected chi connectivity index (χ0v) is 11.8. The molecule has 1 aromatic rings. The Morgan fingerprint density at radius 3 is 2.70 bits per heavy atom. The first-order valence-corrected chi connectivity index (χ1v) is 6.54. The smallest absolute Gasteiger partial charge is 0.246 e. The quantitative estimate of drug-likeness (QED) is 0.785. The Balaban J connectivity index is 2.08. The van der Waals surface area contributed by atoms with Crippen LogP contribution in [0.2, 0.25) is 5.02 Å². The Labute approximate surface area is 121 Å². The van der Waals surface area contributed by atoms with E-state index in [1.165, 1.54) is 6.92 Å². The van der Waals surface area contributed by atoms with Gasteiger partial charge in [0.05, 0.1) is 17.3 Å². The zero-order valence-electron chi connectivity index (χ0n) is 11.0. The van der Waals surface area contributed by atoms with E-state index in [0.29, 0.717) is 29.4 Å². The minimum Gasteiger partial charge on any atom is -0.379 e. The normalized spacial score (nSPS) is 21.6. The number of amides is 2. The van der Waals surface area contributed by atoms with Crippen molar-refractivity contribution in [1.29, 1.82) is 0 Å². The highest BCUT2D eigenvalue weighted by molar-refractivity contribution is 6.34. The molecular formula is C13H16ClN3O3. The Bertz CT molecular complexity index is 542. The zero-order chi connectivity index (χ0) is 14.8. The number of rotatable bonds is 3. The maximum atomic E-state index is 12.1. The van der Waals surface area contributed by atoms with Crippen LogP contribution in [0, 0.1) is 0 Å². The molecule has 1 aromatic carbocycles. The maximum absolute atomic E-state index is 12.1. The van der Waals surface area contributed by atoms with Gasteiger partial charge in [0.2, 0.25) is 11.8 Å². The van der Waals surface area contributed by atoms with Crippen LogP contribution in [0.3, 0.4) is 0 Å². The predicted octanol–water partition coefficient (Wildman–Crippen LogP) is 1.35. The first kappa shape index (κ1) is 14.8. The highest BCUT2D eigenvalue weighted by Crippen LogP contribution is 2.26. The Morgan fingerprint density at radius 1 is 1.40 bits per heavy atom. The van der Waals surface area contributed by atoms with Gasteiger partial charge in [-0.25, -0.2) is 0 Å². The van der Waals surface area contributed by atoms with Gasteiger partial charge in [-0.1, -0.05) is 11.6 Å². The molecule has 0 bridgehead atoms. The Hall–Kier alpha value is -1.63. The molecule has 20 heavy (non-hydrogen) atoms. The minimum absolute atomic E-state index is 0.205. The molecule has 4 N–H and O–H groups in total. The molecule has 0 radical (unpaired) electrons. The van der Waals surface area contributed by atoms with E-state index in [9.17, 15) is 9.59 Å². The fourth-order valence-corrected chi connectivity index (χ4v) is 2.13. The summed E-state index contributed by atoms with van der Waals surface area (Å²) >= 11 is 6.03. The number of benzene rings is 1. The molecule has 0 aliphatic carbocycles. The van der Waals surface area contributed by atoms with Crippen LogP contribution in [-0.2, 0) is 14.3 Å². The summed E-state index contributed by atoms with van der Waals surface area (Å²) in [5, 5.41) is 5.63. The van der Waals surface area contributed by atoms with Crippen LogP contribution < -0.4 is 16.4 Å². The number of nitrogens with one attached hydrogen (secondary N) is 2. The van der Waals surface area contributed by atoms with E-state index in [1.807, 2.05) is 0 Å². The first-order chi connectivity index (χ1) is 9.40. The molecule has 2 rings (SSSR count). The van der Waals surface area contributed by atoms with Crippen molar-refractivity contribution in [2.45, 2.75) is 18.9 Å². The van der Waals surface area contributed by atoms with E-state index in [-0.39, 0.29) is 18.4 Å². The number of hydrogen-bond donors (Lipinski definition) is 3. The van der Waals surface area contributed by atoms with Gasteiger partial charge >= 0.3 is 0 Å². The van der Waals surface area contributed by atoms with Gasteiger partial charge < -0.3 is 21.1 Å². The van der Waals surface area contributed by atoms with E-state index < -0.39 is 5.54 Å². The number of nitrogens with two attached hydrogens (primary N) is 1. The van der Waals surface area contributed by atoms with Gasteiger partial charge in [0.25, 0.3) is 0 Å². The van der Waals surface area contributed by atoms with Gasteiger partial charge in [-0.05, 0) is 24.6 Å². The van der Waals surface area contributed by atoms with E-state index >= 15 is 0 Å². The monoisotopic (exact) mass is 297 g/mol. The summed E-state index contributed by atoms with van der Waals surface area (Å²) in [7, 11) is 0. The molecule has 2 amide bonds. The second-order valence-electron chi connectivity index (χ2n) is 4.79. The van der Waals surface area contributed by atoms with E-state index in [4.69, 9.17) is 22.1 Å². The van der Waals surface area contributed by atoms with Gasteiger partial charge in [-0.2, -0.15) is 0 Å². The van der Waals surface area contributed by atoms with Crippen molar-refractivity contribution < 1.29 is 14.3 Å². The van der Waals surface area contributed by atoms with Crippen molar-refractivity contribution in [1.82, 2.24) is 0 Å². The topological polar surface area (TPSA) is 93.5 Å². The number of anilines is 2. The maximum Gasteiger partial charge on any atom is 0.246 e. The molecule has 6 nitrogen and oxygen atoms in total. The Kier molecular flexibility index (Phi) is 4.27. The second kappa shape index (κ2) is 5.78. The van der Waals surface area contributed by atoms with Crippen molar-refractivity contribution in [3.63, 3.8) is 0 Å². The Morgan fingerprint density at radius 2 is 2.15 bits per heavy atom. The van der Waals surface area contributed by atoms with Gasteiger partial charge in [-0.15, -0.1) is 0 Å². The fraction of sp³-hybridized carbons (Fsp3) is 0.385. The third-order valence-corrected chi connectivity index (χ3v) is 3.35. The summed E-state index contributed by atoms with van der Waals surface area (Å²) < 4.78 is 5.15. The summed E-state index contributed by atoms with van der Waals surface area (Å²) in [6.45, 7) is 2.08. The molecule has 1 unspecified atom stereocenters. The molecule has 1 heterocycles. The molecule has 1 saturated heterocycles. The van der Waals surface area contributed by atoms with E-state index in [1.54, 1.807) is 18.2 Å². The lowest BCUT2D eigenvalue weighted by Gasteiger charge is -2.20. The third kappa shape index (κ3) is 3.27. The number of halogens is 1. The van der Waals surface area contributed by atoms with Gasteiger partial charge in [0.15, 0.2) is 0 Å². The van der Waals surface area contributed by atoms with Crippen LogP contribution in [0.15, 0.2) is 18.2 Å². The van der Waals surface area contributed by atoms with Crippen molar-refractivity contribution in [2.75, 3.05) is 23.8 Å². The number of ether oxygens (including phenoxy) is 1. The molecule has 7 heteroatoms. The van der Waals surface area contributed by atoms with Crippen molar-refractivity contribution in [2.24, 2.45) is 5.73 Å². The van der Waals surface area contributed by atoms with Crippen LogP contribution in [0.25, 0.3) is 0 Å². The van der Waals surface area contributed by atoms with Gasteiger partial charge in [-0.3, -0.25) is 9.59 Å². The third-order valence-electron chi connectivity index (χ3n) is 3.04. The molecule has 1 aliphatic heterocycles. The highest BCUT2D eigenvalue weighted by Gasteiger charge is 2.38. The van der Waals surface area contributed by atoms with E-state index in [2.05, 4.69) is 10.6 Å². The standard InChI is InChI=1S/C13H16ClN3O3/c1-8(18)16-11-3-2-9(6-10(11)14)17-12(19)13(15)4-5-20-7-13/h2-3,6H,4-5,7,15H2,1H3,(H,16,18)(H,17,19). The van der Waals surface area contributed by atoms with Crippen LogP contribution in [0.5, 0.6) is 0 Å². The average molecular weight is 298 g/mol. The molecule has 1 atom stereocenters. The number of hydrogen-bond acceptors (Lipinski definition) is 4. The summed E-state index contributed by atoms with van der Waals surface area (Å²) in [6.07, 6.45) is 0.483. The number of carbonyl (C=O) groups excluding carboxylic acids is 2. The van der Waals surface area contributed by atoms with Gasteiger partial charge in [0.1, 0.15) is 5.54 Å². The lowest BCUT2D eigenvalue weighted by Crippen LogP contribution is -2.51. The SMILES string of the molecule is CC(=O)Nc1ccc(NC(=O)C2(N)CCOC2)cc1Cl. The predicted molar refractivity (Wildman–Crippen MR) is 76.7 cm³/mol. The molecule has 1 fully saturated rings. The lowest BCUT2D eigenvalue weighted by molar-refractivity contribution is -0.121. The molecule has 0 saturated carbocycles. The van der Waals surface area contributed by atoms with Crippen LogP contribution in [0.4, 0.5) is 11.4 Å². The largest absolute Gasteiger partial charge is 0.379 e. The first-order valence-electron chi connectivity index (χ1n) is 6.16. The van der Waals surface area contributed by atoms with Crippen molar-refractivity contribution >= 4 is 34.8 Å². The molecule has 1 aliphatic rings. The summed E-state index contributed by atoms with van der Waals surface area (Å²) in [5.41, 5.74) is 5.97. The van der Waals surface area contributed by atoms with Crippen molar-refractivity contribution in [3.8, 4) is 0 Å². The van der Waals surface area contributed by atoms with Crippen LogP contribution in [-0.4, -0.2) is 30.6 Å². The van der Waals surface area contributed by atoms with Crippen LogP contribution in [0.1, 0.15) is 13.3 Å². The average Bonchev–Trinajstić information content (AvgIpc) is 2.81. The second-order valence-corrected chi connectivity index (χ2v) is 5.20.